The molecule has 1 aliphatic heterocycles. The monoisotopic (exact) mass is 259 g/mol. The van der Waals surface area contributed by atoms with E-state index in [1.165, 1.54) is 19.5 Å². The van der Waals surface area contributed by atoms with Gasteiger partial charge in [0, 0.05) is 18.9 Å². The van der Waals surface area contributed by atoms with E-state index in [1.807, 2.05) is 4.90 Å². The maximum atomic E-state index is 12.6. The van der Waals surface area contributed by atoms with E-state index in [1.54, 1.807) is 0 Å². The summed E-state index contributed by atoms with van der Waals surface area (Å²) in [6.07, 6.45) is 3.31. The molecule has 1 aliphatic rings. The molecule has 2 heterocycles. The van der Waals surface area contributed by atoms with Crippen molar-refractivity contribution in [1.29, 1.82) is 0 Å². The van der Waals surface area contributed by atoms with Gasteiger partial charge in [0.25, 0.3) is 0 Å². The Kier molecular flexibility index (Phi) is 3.90. The summed E-state index contributed by atoms with van der Waals surface area (Å²) in [6.45, 7) is -1.04. The van der Waals surface area contributed by atoms with Crippen molar-refractivity contribution < 1.29 is 18.3 Å². The van der Waals surface area contributed by atoms with Crippen LogP contribution in [0.15, 0.2) is 12.4 Å². The highest BCUT2D eigenvalue weighted by molar-refractivity contribution is 5.72. The highest BCUT2D eigenvalue weighted by atomic mass is 19.3. The highest BCUT2D eigenvalue weighted by Gasteiger charge is 2.29. The largest absolute Gasteiger partial charge is 0.469 e. The van der Waals surface area contributed by atoms with Crippen LogP contribution >= 0.6 is 0 Å². The van der Waals surface area contributed by atoms with Crippen molar-refractivity contribution in [2.45, 2.75) is 19.5 Å². The number of hydrogen-bond donors (Lipinski definition) is 0. The molecule has 100 valence electrons. The average molecular weight is 259 g/mol. The molecule has 0 amide bonds. The zero-order valence-electron chi connectivity index (χ0n) is 10.1. The number of carbonyl (C=O) groups excluding carboxylic acids is 1. The van der Waals surface area contributed by atoms with Crippen LogP contribution in [0, 0.1) is 5.92 Å². The first kappa shape index (κ1) is 12.9. The van der Waals surface area contributed by atoms with Gasteiger partial charge in [-0.1, -0.05) is 0 Å². The van der Waals surface area contributed by atoms with Gasteiger partial charge in [-0.25, -0.2) is 4.98 Å². The predicted molar refractivity (Wildman–Crippen MR) is 58.9 cm³/mol. The minimum atomic E-state index is -2.58. The summed E-state index contributed by atoms with van der Waals surface area (Å²) in [5.41, 5.74) is 0. The molecule has 1 saturated heterocycles. The molecule has 5 nitrogen and oxygen atoms in total. The number of imidazole rings is 1. The highest BCUT2D eigenvalue weighted by Crippen LogP contribution is 2.20. The SMILES string of the molecule is COC(=O)C1CCN(Cc2nccn2C(F)F)C1. The van der Waals surface area contributed by atoms with Crippen molar-refractivity contribution in [3.05, 3.63) is 18.2 Å². The van der Waals surface area contributed by atoms with Crippen molar-refractivity contribution in [3.63, 3.8) is 0 Å². The number of likely N-dealkylation sites (tertiary alicyclic amines) is 1. The Labute approximate surface area is 103 Å². The fourth-order valence-corrected chi connectivity index (χ4v) is 2.18. The molecule has 1 aromatic heterocycles. The zero-order chi connectivity index (χ0) is 13.1. The summed E-state index contributed by atoms with van der Waals surface area (Å²) in [4.78, 5) is 17.2. The number of ether oxygens (including phenoxy) is 1. The molecule has 1 aromatic rings. The van der Waals surface area contributed by atoms with E-state index in [9.17, 15) is 13.6 Å². The molecular weight excluding hydrogens is 244 g/mol. The number of alkyl halides is 2. The third-order valence-corrected chi connectivity index (χ3v) is 3.13. The van der Waals surface area contributed by atoms with Crippen LogP contribution in [0.5, 0.6) is 0 Å². The van der Waals surface area contributed by atoms with Crippen LogP contribution in [0.25, 0.3) is 0 Å². The molecule has 0 spiro atoms. The Morgan fingerprint density at radius 3 is 3.11 bits per heavy atom. The van der Waals surface area contributed by atoms with Crippen molar-refractivity contribution in [2.24, 2.45) is 5.92 Å². The second-order valence-corrected chi connectivity index (χ2v) is 4.27. The van der Waals surface area contributed by atoms with Gasteiger partial charge in [-0.3, -0.25) is 14.3 Å². The van der Waals surface area contributed by atoms with Crippen molar-refractivity contribution in [1.82, 2.24) is 14.5 Å². The maximum absolute atomic E-state index is 12.6. The lowest BCUT2D eigenvalue weighted by molar-refractivity contribution is -0.144. The van der Waals surface area contributed by atoms with E-state index in [0.717, 1.165) is 4.57 Å². The van der Waals surface area contributed by atoms with E-state index in [0.29, 0.717) is 31.9 Å². The number of halogens is 2. The van der Waals surface area contributed by atoms with Gasteiger partial charge in [-0.05, 0) is 13.0 Å². The number of hydrogen-bond acceptors (Lipinski definition) is 4. The van der Waals surface area contributed by atoms with Gasteiger partial charge < -0.3 is 4.74 Å². The van der Waals surface area contributed by atoms with Gasteiger partial charge >= 0.3 is 12.5 Å². The molecule has 1 unspecified atom stereocenters. The van der Waals surface area contributed by atoms with E-state index in [4.69, 9.17) is 0 Å². The number of rotatable bonds is 4. The lowest BCUT2D eigenvalue weighted by Crippen LogP contribution is -2.25. The van der Waals surface area contributed by atoms with Gasteiger partial charge in [0.15, 0.2) is 0 Å². The molecule has 18 heavy (non-hydrogen) atoms. The first-order valence-corrected chi connectivity index (χ1v) is 5.72. The number of nitrogens with zero attached hydrogens (tertiary/aromatic N) is 3. The third-order valence-electron chi connectivity index (χ3n) is 3.13. The third kappa shape index (κ3) is 2.66. The van der Waals surface area contributed by atoms with Crippen LogP contribution in [-0.4, -0.2) is 40.6 Å². The molecular formula is C11H15F2N3O2. The normalized spacial score (nSPS) is 20.6. The topological polar surface area (TPSA) is 47.4 Å². The molecule has 0 radical (unpaired) electrons. The van der Waals surface area contributed by atoms with Gasteiger partial charge in [0.05, 0.1) is 19.6 Å². The first-order chi connectivity index (χ1) is 8.61. The van der Waals surface area contributed by atoms with E-state index in [-0.39, 0.29) is 11.9 Å². The Morgan fingerprint density at radius 2 is 2.44 bits per heavy atom. The number of methoxy groups -OCH3 is 1. The number of carbonyl (C=O) groups is 1. The van der Waals surface area contributed by atoms with Crippen molar-refractivity contribution in [3.8, 4) is 0 Å². The Bertz CT molecular complexity index is 422. The van der Waals surface area contributed by atoms with Crippen LogP contribution in [0.3, 0.4) is 0 Å². The van der Waals surface area contributed by atoms with E-state index >= 15 is 0 Å². The Hall–Kier alpha value is -1.50. The number of esters is 1. The van der Waals surface area contributed by atoms with Crippen LogP contribution in [-0.2, 0) is 16.1 Å². The summed E-state index contributed by atoms with van der Waals surface area (Å²) < 4.78 is 30.8. The average Bonchev–Trinajstić information content (AvgIpc) is 2.97. The summed E-state index contributed by atoms with van der Waals surface area (Å²) in [7, 11) is 1.36. The predicted octanol–water partition coefficient (Wildman–Crippen LogP) is 1.27. The minimum absolute atomic E-state index is 0.162. The van der Waals surface area contributed by atoms with Gasteiger partial charge in [0.2, 0.25) is 0 Å². The molecule has 1 fully saturated rings. The van der Waals surface area contributed by atoms with Crippen molar-refractivity contribution >= 4 is 5.97 Å². The lowest BCUT2D eigenvalue weighted by atomic mass is 10.1. The molecule has 0 bridgehead atoms. The molecule has 7 heteroatoms. The molecule has 0 saturated carbocycles. The smallest absolute Gasteiger partial charge is 0.319 e. The second kappa shape index (κ2) is 5.43. The minimum Gasteiger partial charge on any atom is -0.469 e. The van der Waals surface area contributed by atoms with Crippen LogP contribution < -0.4 is 0 Å². The van der Waals surface area contributed by atoms with Crippen molar-refractivity contribution in [2.75, 3.05) is 20.2 Å². The van der Waals surface area contributed by atoms with Gasteiger partial charge in [0.1, 0.15) is 5.82 Å². The van der Waals surface area contributed by atoms with Gasteiger partial charge in [-0.15, -0.1) is 0 Å². The second-order valence-electron chi connectivity index (χ2n) is 4.27. The summed E-state index contributed by atoms with van der Waals surface area (Å²) in [5, 5.41) is 0. The van der Waals surface area contributed by atoms with E-state index < -0.39 is 6.55 Å². The fraction of sp³-hybridized carbons (Fsp3) is 0.636. The standard InChI is InChI=1S/C11H15F2N3O2/c1-18-10(17)8-2-4-15(6-8)7-9-14-3-5-16(9)11(12)13/h3,5,8,11H,2,4,6-7H2,1H3. The summed E-state index contributed by atoms with van der Waals surface area (Å²) in [5.74, 6) is -0.0878. The Morgan fingerprint density at radius 1 is 1.67 bits per heavy atom. The summed E-state index contributed by atoms with van der Waals surface area (Å²) >= 11 is 0. The molecule has 1 atom stereocenters. The van der Waals surface area contributed by atoms with Gasteiger partial charge in [-0.2, -0.15) is 8.78 Å². The Balaban J connectivity index is 1.95. The lowest BCUT2D eigenvalue weighted by Gasteiger charge is -2.15. The number of aromatic nitrogens is 2. The quantitative estimate of drug-likeness (QED) is 0.764. The van der Waals surface area contributed by atoms with E-state index in [2.05, 4.69) is 9.72 Å². The first-order valence-electron chi connectivity index (χ1n) is 5.72. The van der Waals surface area contributed by atoms with Crippen LogP contribution in [0.4, 0.5) is 8.78 Å². The fourth-order valence-electron chi connectivity index (χ4n) is 2.18. The maximum Gasteiger partial charge on any atom is 0.319 e. The zero-order valence-corrected chi connectivity index (χ0v) is 10.1. The molecule has 0 aliphatic carbocycles. The molecule has 0 aromatic carbocycles. The van der Waals surface area contributed by atoms with Crippen LogP contribution in [0.1, 0.15) is 18.8 Å². The van der Waals surface area contributed by atoms with Crippen LogP contribution in [0.2, 0.25) is 0 Å². The summed E-state index contributed by atoms with van der Waals surface area (Å²) in [6, 6.07) is 0. The molecule has 2 rings (SSSR count). The molecule has 0 N–H and O–H groups in total.